The zero-order chi connectivity index (χ0) is 11.3. The minimum absolute atomic E-state index is 0.236. The second-order valence-electron chi connectivity index (χ2n) is 3.85. The van der Waals surface area contributed by atoms with Gasteiger partial charge in [0.2, 0.25) is 0 Å². The first-order valence-electron chi connectivity index (χ1n) is 5.45. The fraction of sp³-hybridized carbons (Fsp3) is 1.00. The molecule has 0 aromatic heterocycles. The summed E-state index contributed by atoms with van der Waals surface area (Å²) >= 11 is 3.45. The number of nitrogens with one attached hydrogen (secondary N) is 1. The maximum atomic E-state index is 11.7. The van der Waals surface area contributed by atoms with Crippen molar-refractivity contribution < 1.29 is 8.42 Å². The topological polar surface area (TPSA) is 49.4 Å². The highest BCUT2D eigenvalue weighted by Gasteiger charge is 2.25. The van der Waals surface area contributed by atoms with Crippen LogP contribution < -0.4 is 4.72 Å². The van der Waals surface area contributed by atoms with E-state index in [1.807, 2.05) is 0 Å². The lowest BCUT2D eigenvalue weighted by molar-refractivity contribution is 0.464. The van der Waals surface area contributed by atoms with Crippen LogP contribution in [0.5, 0.6) is 0 Å². The molecule has 1 unspecified atom stereocenters. The zero-order valence-electron chi connectivity index (χ0n) is 9.08. The number of hydrogen-bond acceptors (Lipinski definition) is 2. The van der Waals surface area contributed by atoms with Gasteiger partial charge in [-0.25, -0.2) is 4.72 Å². The minimum Gasteiger partial charge on any atom is -0.201 e. The summed E-state index contributed by atoms with van der Waals surface area (Å²) in [5.41, 5.74) is 0. The molecule has 1 aliphatic rings. The van der Waals surface area contributed by atoms with Gasteiger partial charge in [0, 0.05) is 24.5 Å². The molecule has 1 N–H and O–H groups in total. The smallest absolute Gasteiger partial charge is 0.201 e. The molecule has 4 nitrogen and oxygen atoms in total. The van der Waals surface area contributed by atoms with E-state index in [4.69, 9.17) is 0 Å². The van der Waals surface area contributed by atoms with Gasteiger partial charge in [0.1, 0.15) is 0 Å². The van der Waals surface area contributed by atoms with Gasteiger partial charge in [0.05, 0.1) is 0 Å². The lowest BCUT2D eigenvalue weighted by atomic mass is 10.2. The summed E-state index contributed by atoms with van der Waals surface area (Å²) in [6.07, 6.45) is 4.01. The van der Waals surface area contributed by atoms with Gasteiger partial charge in [-0.2, -0.15) is 12.7 Å². The maximum absolute atomic E-state index is 11.7. The summed E-state index contributed by atoms with van der Waals surface area (Å²) in [4.78, 5) is 0.236. The molecule has 1 rings (SSSR count). The van der Waals surface area contributed by atoms with E-state index in [0.717, 1.165) is 25.7 Å². The van der Waals surface area contributed by atoms with Crippen molar-refractivity contribution >= 4 is 26.1 Å². The van der Waals surface area contributed by atoms with Gasteiger partial charge < -0.3 is 0 Å². The standard InChI is InChI=1S/C9H19BrN2O2S/c1-2-5-9(10)8-11-15(13,14)12-6-3-4-7-12/h9,11H,2-8H2,1H3. The van der Waals surface area contributed by atoms with Crippen molar-refractivity contribution in [3.05, 3.63) is 0 Å². The first kappa shape index (κ1) is 13.4. The largest absolute Gasteiger partial charge is 0.279 e. The molecule has 1 heterocycles. The van der Waals surface area contributed by atoms with Gasteiger partial charge in [-0.3, -0.25) is 0 Å². The van der Waals surface area contributed by atoms with Crippen LogP contribution in [0.4, 0.5) is 0 Å². The minimum atomic E-state index is -3.22. The SMILES string of the molecule is CCCC(Br)CNS(=O)(=O)N1CCCC1. The van der Waals surface area contributed by atoms with Gasteiger partial charge in [-0.15, -0.1) is 0 Å². The molecule has 0 bridgehead atoms. The Bertz CT molecular complexity index is 276. The highest BCUT2D eigenvalue weighted by molar-refractivity contribution is 9.09. The Balaban J connectivity index is 2.35. The van der Waals surface area contributed by atoms with Crippen molar-refractivity contribution in [2.45, 2.75) is 37.4 Å². The molecule has 0 radical (unpaired) electrons. The highest BCUT2D eigenvalue weighted by atomic mass is 79.9. The molecule has 1 fully saturated rings. The van der Waals surface area contributed by atoms with E-state index in [2.05, 4.69) is 27.6 Å². The quantitative estimate of drug-likeness (QED) is 0.755. The van der Waals surface area contributed by atoms with E-state index in [9.17, 15) is 8.42 Å². The second-order valence-corrected chi connectivity index (χ2v) is 6.90. The molecular formula is C9H19BrN2O2S. The predicted molar refractivity (Wildman–Crippen MR) is 65.4 cm³/mol. The summed E-state index contributed by atoms with van der Waals surface area (Å²) in [7, 11) is -3.22. The molecule has 1 saturated heterocycles. The van der Waals surface area contributed by atoms with E-state index in [0.29, 0.717) is 19.6 Å². The van der Waals surface area contributed by atoms with E-state index >= 15 is 0 Å². The van der Waals surface area contributed by atoms with Gasteiger partial charge >= 0.3 is 0 Å². The molecule has 6 heteroatoms. The van der Waals surface area contributed by atoms with Gasteiger partial charge in [-0.05, 0) is 19.3 Å². The van der Waals surface area contributed by atoms with E-state index < -0.39 is 10.2 Å². The Kier molecular flexibility index (Phi) is 5.52. The maximum Gasteiger partial charge on any atom is 0.279 e. The molecule has 1 atom stereocenters. The molecular weight excluding hydrogens is 280 g/mol. The highest BCUT2D eigenvalue weighted by Crippen LogP contribution is 2.12. The number of halogens is 1. The predicted octanol–water partition coefficient (Wildman–Crippen LogP) is 1.48. The lowest BCUT2D eigenvalue weighted by Crippen LogP contribution is -2.41. The van der Waals surface area contributed by atoms with Gasteiger partial charge in [0.15, 0.2) is 0 Å². The first-order valence-corrected chi connectivity index (χ1v) is 7.80. The molecule has 0 aliphatic carbocycles. The molecule has 15 heavy (non-hydrogen) atoms. The third-order valence-corrected chi connectivity index (χ3v) is 4.85. The van der Waals surface area contributed by atoms with Crippen molar-refractivity contribution in [3.8, 4) is 0 Å². The zero-order valence-corrected chi connectivity index (χ0v) is 11.5. The number of rotatable bonds is 6. The number of hydrogen-bond donors (Lipinski definition) is 1. The van der Waals surface area contributed by atoms with Crippen LogP contribution in [-0.4, -0.2) is 37.2 Å². The Labute approximate surface area is 101 Å². The third-order valence-electron chi connectivity index (χ3n) is 2.49. The van der Waals surface area contributed by atoms with E-state index in [1.54, 1.807) is 0 Å². The Hall–Kier alpha value is 0.350. The molecule has 0 spiro atoms. The average Bonchev–Trinajstić information content (AvgIpc) is 2.69. The first-order chi connectivity index (χ1) is 7.06. The fourth-order valence-corrected chi connectivity index (χ4v) is 3.80. The molecule has 1 aliphatic heterocycles. The second kappa shape index (κ2) is 6.18. The Morgan fingerprint density at radius 3 is 2.53 bits per heavy atom. The summed E-state index contributed by atoms with van der Waals surface area (Å²) in [5.74, 6) is 0. The van der Waals surface area contributed by atoms with Crippen molar-refractivity contribution in [3.63, 3.8) is 0 Å². The Morgan fingerprint density at radius 1 is 1.40 bits per heavy atom. The molecule has 0 aromatic carbocycles. The van der Waals surface area contributed by atoms with Crippen LogP contribution in [0.3, 0.4) is 0 Å². The van der Waals surface area contributed by atoms with Crippen LogP contribution in [0.1, 0.15) is 32.6 Å². The van der Waals surface area contributed by atoms with Gasteiger partial charge in [0.25, 0.3) is 10.2 Å². The van der Waals surface area contributed by atoms with Crippen LogP contribution in [0, 0.1) is 0 Å². The van der Waals surface area contributed by atoms with Crippen LogP contribution in [-0.2, 0) is 10.2 Å². The molecule has 0 amide bonds. The van der Waals surface area contributed by atoms with Crippen LogP contribution in [0.25, 0.3) is 0 Å². The molecule has 90 valence electrons. The summed E-state index contributed by atoms with van der Waals surface area (Å²) in [6.45, 7) is 3.89. The van der Waals surface area contributed by atoms with Crippen LogP contribution in [0.15, 0.2) is 0 Å². The summed E-state index contributed by atoms with van der Waals surface area (Å²) < 4.78 is 27.6. The van der Waals surface area contributed by atoms with Crippen LogP contribution in [0.2, 0.25) is 0 Å². The fourth-order valence-electron chi connectivity index (χ4n) is 1.63. The summed E-state index contributed by atoms with van der Waals surface area (Å²) in [6, 6.07) is 0. The Morgan fingerprint density at radius 2 is 2.00 bits per heavy atom. The molecule has 0 aromatic rings. The van der Waals surface area contributed by atoms with Crippen molar-refractivity contribution in [2.75, 3.05) is 19.6 Å². The summed E-state index contributed by atoms with van der Waals surface area (Å²) in [5, 5.41) is 0. The van der Waals surface area contributed by atoms with E-state index in [-0.39, 0.29) is 4.83 Å². The van der Waals surface area contributed by atoms with Crippen molar-refractivity contribution in [1.82, 2.24) is 9.03 Å². The lowest BCUT2D eigenvalue weighted by Gasteiger charge is -2.17. The normalized spacial score (nSPS) is 20.7. The van der Waals surface area contributed by atoms with Gasteiger partial charge in [-0.1, -0.05) is 29.3 Å². The van der Waals surface area contributed by atoms with Crippen molar-refractivity contribution in [2.24, 2.45) is 0 Å². The third kappa shape index (κ3) is 4.38. The monoisotopic (exact) mass is 298 g/mol. The van der Waals surface area contributed by atoms with Crippen LogP contribution >= 0.6 is 15.9 Å². The average molecular weight is 299 g/mol. The number of nitrogens with zero attached hydrogens (tertiary/aromatic N) is 1. The number of alkyl halides is 1. The molecule has 0 saturated carbocycles. The van der Waals surface area contributed by atoms with E-state index in [1.165, 1.54) is 4.31 Å². The van der Waals surface area contributed by atoms with Crippen molar-refractivity contribution in [1.29, 1.82) is 0 Å².